The van der Waals surface area contributed by atoms with Crippen LogP contribution in [0, 0.1) is 0 Å². The van der Waals surface area contributed by atoms with Crippen LogP contribution < -0.4 is 15.2 Å². The molecular weight excluding hydrogens is 432 g/mol. The van der Waals surface area contributed by atoms with Crippen molar-refractivity contribution >= 4 is 34.3 Å². The fraction of sp³-hybridized carbons (Fsp3) is 0.174. The fourth-order valence-electron chi connectivity index (χ4n) is 3.17. The van der Waals surface area contributed by atoms with E-state index in [0.717, 1.165) is 11.0 Å². The molecule has 0 radical (unpaired) electrons. The monoisotopic (exact) mass is 452 g/mol. The Labute approximate surface area is 189 Å². The number of benzene rings is 3. The Balaban J connectivity index is 1.36. The summed E-state index contributed by atoms with van der Waals surface area (Å²) in [4.78, 5) is 12.3. The van der Waals surface area contributed by atoms with Crippen molar-refractivity contribution in [2.75, 3.05) is 18.9 Å². The molecule has 164 valence electrons. The highest BCUT2D eigenvalue weighted by atomic mass is 35.5. The van der Waals surface area contributed by atoms with Gasteiger partial charge < -0.3 is 20.3 Å². The Kier molecular flexibility index (Phi) is 6.42. The summed E-state index contributed by atoms with van der Waals surface area (Å²) in [5.74, 6) is 0.209. The average molecular weight is 453 g/mol. The van der Waals surface area contributed by atoms with Crippen molar-refractivity contribution in [3.8, 4) is 17.2 Å². The minimum atomic E-state index is -0.907. The highest BCUT2D eigenvalue weighted by Crippen LogP contribution is 2.27. The first-order valence-electron chi connectivity index (χ1n) is 9.97. The maximum atomic E-state index is 10.8. The normalized spacial score (nSPS) is 10.9. The van der Waals surface area contributed by atoms with Crippen LogP contribution in [0.25, 0.3) is 16.7 Å². The highest BCUT2D eigenvalue weighted by molar-refractivity contribution is 6.30. The largest absolute Gasteiger partial charge is 0.491 e. The van der Waals surface area contributed by atoms with Gasteiger partial charge in [0.2, 0.25) is 0 Å². The van der Waals surface area contributed by atoms with Crippen LogP contribution in [0.1, 0.15) is 12.0 Å². The molecule has 0 aliphatic rings. The van der Waals surface area contributed by atoms with Gasteiger partial charge in [-0.05, 0) is 48.0 Å². The van der Waals surface area contributed by atoms with E-state index in [1.54, 1.807) is 36.4 Å². The number of nitrogen functional groups attached to an aromatic ring is 1. The number of rotatable bonds is 9. The molecule has 0 atom stereocenters. The summed E-state index contributed by atoms with van der Waals surface area (Å²) >= 11 is 6.18. The third-order valence-corrected chi connectivity index (χ3v) is 4.89. The van der Waals surface area contributed by atoms with E-state index in [1.807, 2.05) is 24.3 Å². The zero-order valence-electron chi connectivity index (χ0n) is 17.1. The number of aromatic nitrogens is 3. The number of ether oxygens (including phenoxy) is 2. The van der Waals surface area contributed by atoms with Crippen LogP contribution in [-0.4, -0.2) is 39.3 Å². The number of carboxylic acid groups (broad SMARTS) is 1. The van der Waals surface area contributed by atoms with Gasteiger partial charge in [-0.2, -0.15) is 0 Å². The van der Waals surface area contributed by atoms with Crippen molar-refractivity contribution < 1.29 is 19.4 Å². The number of hydrogen-bond acceptors (Lipinski definition) is 6. The first-order valence-corrected chi connectivity index (χ1v) is 10.4. The lowest BCUT2D eigenvalue weighted by Gasteiger charge is -2.12. The zero-order valence-corrected chi connectivity index (χ0v) is 17.8. The van der Waals surface area contributed by atoms with E-state index in [-0.39, 0.29) is 6.42 Å². The minimum Gasteiger partial charge on any atom is -0.491 e. The average Bonchev–Trinajstić information content (AvgIpc) is 3.19. The Morgan fingerprint density at radius 3 is 2.28 bits per heavy atom. The molecule has 0 amide bonds. The van der Waals surface area contributed by atoms with Gasteiger partial charge in [0.25, 0.3) is 0 Å². The summed E-state index contributed by atoms with van der Waals surface area (Å²) in [5, 5.41) is 18.4. The molecule has 0 aliphatic carbocycles. The SMILES string of the molecule is Nc1cc(CC(=O)O)ccc1OCCCOc1ccc(Cl)cc1-n1nc2ccccc2n1. The van der Waals surface area contributed by atoms with Gasteiger partial charge in [-0.25, -0.2) is 0 Å². The maximum Gasteiger partial charge on any atom is 0.307 e. The Morgan fingerprint density at radius 1 is 0.969 bits per heavy atom. The molecule has 8 nitrogen and oxygen atoms in total. The standard InChI is InChI=1S/C23H21ClN4O4/c24-16-7-9-22(20(14-16)28-26-18-4-1-2-5-19(18)27-28)32-11-3-10-31-21-8-6-15(12-17(21)25)13-23(29)30/h1-2,4-9,12,14H,3,10-11,13,25H2,(H,29,30). The summed E-state index contributed by atoms with van der Waals surface area (Å²) in [6, 6.07) is 17.9. The number of hydrogen-bond donors (Lipinski definition) is 2. The molecule has 3 N–H and O–H groups in total. The lowest BCUT2D eigenvalue weighted by atomic mass is 10.1. The van der Waals surface area contributed by atoms with Crippen molar-refractivity contribution in [3.05, 3.63) is 71.2 Å². The third kappa shape index (κ3) is 5.09. The molecule has 3 aromatic carbocycles. The summed E-state index contributed by atoms with van der Waals surface area (Å²) in [6.07, 6.45) is 0.523. The number of fused-ring (bicyclic) bond motifs is 1. The molecule has 0 unspecified atom stereocenters. The van der Waals surface area contributed by atoms with Crippen LogP contribution in [-0.2, 0) is 11.2 Å². The number of carbonyl (C=O) groups is 1. The van der Waals surface area contributed by atoms with Gasteiger partial charge in [0.05, 0.1) is 25.3 Å². The van der Waals surface area contributed by atoms with Crippen LogP contribution in [0.15, 0.2) is 60.7 Å². The second-order valence-corrected chi connectivity index (χ2v) is 7.52. The lowest BCUT2D eigenvalue weighted by molar-refractivity contribution is -0.136. The number of nitrogens with two attached hydrogens (primary N) is 1. The van der Waals surface area contributed by atoms with Crippen LogP contribution in [0.2, 0.25) is 5.02 Å². The van der Waals surface area contributed by atoms with Gasteiger partial charge in [-0.15, -0.1) is 15.0 Å². The summed E-state index contributed by atoms with van der Waals surface area (Å²) in [7, 11) is 0. The van der Waals surface area contributed by atoms with Gasteiger partial charge in [0.1, 0.15) is 28.2 Å². The van der Waals surface area contributed by atoms with E-state index in [2.05, 4.69) is 10.2 Å². The molecule has 4 rings (SSSR count). The van der Waals surface area contributed by atoms with Crippen LogP contribution in [0.3, 0.4) is 0 Å². The fourth-order valence-corrected chi connectivity index (χ4v) is 3.34. The van der Waals surface area contributed by atoms with Crippen LogP contribution in [0.4, 0.5) is 5.69 Å². The van der Waals surface area contributed by atoms with Crippen molar-refractivity contribution in [2.24, 2.45) is 0 Å². The molecule has 1 aromatic heterocycles. The first-order chi connectivity index (χ1) is 15.5. The van der Waals surface area contributed by atoms with Crippen molar-refractivity contribution in [1.82, 2.24) is 15.0 Å². The predicted molar refractivity (Wildman–Crippen MR) is 122 cm³/mol. The third-order valence-electron chi connectivity index (χ3n) is 4.66. The van der Waals surface area contributed by atoms with Crippen LogP contribution >= 0.6 is 11.6 Å². The number of anilines is 1. The second-order valence-electron chi connectivity index (χ2n) is 7.08. The van der Waals surface area contributed by atoms with E-state index in [9.17, 15) is 4.79 Å². The molecule has 0 saturated heterocycles. The number of aliphatic carboxylic acids is 1. The molecule has 0 spiro atoms. The van der Waals surface area contributed by atoms with E-state index in [0.29, 0.717) is 53.1 Å². The second kappa shape index (κ2) is 9.57. The van der Waals surface area contributed by atoms with Gasteiger partial charge in [0, 0.05) is 11.4 Å². The van der Waals surface area contributed by atoms with Crippen molar-refractivity contribution in [2.45, 2.75) is 12.8 Å². The number of carboxylic acids is 1. The van der Waals surface area contributed by atoms with Crippen molar-refractivity contribution in [1.29, 1.82) is 0 Å². The summed E-state index contributed by atoms with van der Waals surface area (Å²) in [5.41, 5.74) is 9.18. The van der Waals surface area contributed by atoms with E-state index in [4.69, 9.17) is 31.9 Å². The molecule has 0 aliphatic heterocycles. The topological polar surface area (TPSA) is 112 Å². The lowest BCUT2D eigenvalue weighted by Crippen LogP contribution is -2.09. The van der Waals surface area contributed by atoms with Gasteiger partial charge >= 0.3 is 5.97 Å². The van der Waals surface area contributed by atoms with Crippen molar-refractivity contribution in [3.63, 3.8) is 0 Å². The number of halogens is 1. The van der Waals surface area contributed by atoms with E-state index in [1.165, 1.54) is 4.80 Å². The smallest absolute Gasteiger partial charge is 0.307 e. The Hall–Kier alpha value is -3.78. The molecule has 0 saturated carbocycles. The Bertz CT molecular complexity index is 1220. The maximum absolute atomic E-state index is 10.8. The zero-order chi connectivity index (χ0) is 22.5. The van der Waals surface area contributed by atoms with Gasteiger partial charge in [-0.1, -0.05) is 29.8 Å². The molecule has 9 heteroatoms. The predicted octanol–water partition coefficient (Wildman–Crippen LogP) is 4.13. The van der Waals surface area contributed by atoms with E-state index < -0.39 is 5.97 Å². The van der Waals surface area contributed by atoms with Crippen LogP contribution in [0.5, 0.6) is 11.5 Å². The molecule has 4 aromatic rings. The molecular formula is C23H21ClN4O4. The Morgan fingerprint density at radius 2 is 1.62 bits per heavy atom. The highest BCUT2D eigenvalue weighted by Gasteiger charge is 2.11. The minimum absolute atomic E-state index is 0.0809. The number of nitrogens with zero attached hydrogens (tertiary/aromatic N) is 3. The molecule has 1 heterocycles. The summed E-state index contributed by atoms with van der Waals surface area (Å²) in [6.45, 7) is 0.779. The van der Waals surface area contributed by atoms with Gasteiger partial charge in [0.15, 0.2) is 0 Å². The molecule has 32 heavy (non-hydrogen) atoms. The summed E-state index contributed by atoms with van der Waals surface area (Å²) < 4.78 is 11.6. The van der Waals surface area contributed by atoms with Gasteiger partial charge in [-0.3, -0.25) is 4.79 Å². The van der Waals surface area contributed by atoms with E-state index >= 15 is 0 Å². The molecule has 0 fully saturated rings. The first kappa shape index (κ1) is 21.5. The quantitative estimate of drug-likeness (QED) is 0.290. The molecule has 0 bridgehead atoms.